The molecule has 0 aromatic rings. The van der Waals surface area contributed by atoms with Gasteiger partial charge in [0, 0.05) is 11.6 Å². The molecule has 3 heteroatoms. The minimum Gasteiger partial charge on any atom is -0.394 e. The SMILES string of the molecule is CCNC(C)(CO)CC(C)N(C)C. The Hall–Kier alpha value is -0.120. The molecule has 0 aliphatic carbocycles. The number of rotatable bonds is 6. The van der Waals surface area contributed by atoms with Crippen molar-refractivity contribution in [3.63, 3.8) is 0 Å². The fourth-order valence-corrected chi connectivity index (χ4v) is 1.45. The second-order valence-electron chi connectivity index (χ2n) is 4.27. The van der Waals surface area contributed by atoms with Crippen molar-refractivity contribution in [2.75, 3.05) is 27.2 Å². The van der Waals surface area contributed by atoms with Gasteiger partial charge in [-0.3, -0.25) is 0 Å². The summed E-state index contributed by atoms with van der Waals surface area (Å²) in [5.74, 6) is 0. The van der Waals surface area contributed by atoms with Gasteiger partial charge in [-0.25, -0.2) is 0 Å². The lowest BCUT2D eigenvalue weighted by molar-refractivity contribution is 0.136. The molecule has 0 bridgehead atoms. The van der Waals surface area contributed by atoms with Gasteiger partial charge >= 0.3 is 0 Å². The molecule has 0 saturated carbocycles. The van der Waals surface area contributed by atoms with Gasteiger partial charge in [-0.15, -0.1) is 0 Å². The molecule has 2 N–H and O–H groups in total. The van der Waals surface area contributed by atoms with Crippen molar-refractivity contribution in [2.45, 2.75) is 38.8 Å². The van der Waals surface area contributed by atoms with Gasteiger partial charge in [-0.05, 0) is 40.9 Å². The summed E-state index contributed by atoms with van der Waals surface area (Å²) in [5.41, 5.74) is -0.140. The Morgan fingerprint density at radius 3 is 2.31 bits per heavy atom. The van der Waals surface area contributed by atoms with E-state index in [4.69, 9.17) is 0 Å². The van der Waals surface area contributed by atoms with E-state index in [0.29, 0.717) is 6.04 Å². The molecule has 80 valence electrons. The van der Waals surface area contributed by atoms with Crippen LogP contribution >= 0.6 is 0 Å². The van der Waals surface area contributed by atoms with E-state index < -0.39 is 0 Å². The van der Waals surface area contributed by atoms with E-state index in [1.54, 1.807) is 0 Å². The van der Waals surface area contributed by atoms with Gasteiger partial charge in [0.1, 0.15) is 0 Å². The van der Waals surface area contributed by atoms with Gasteiger partial charge in [0.2, 0.25) is 0 Å². The van der Waals surface area contributed by atoms with Crippen molar-refractivity contribution < 1.29 is 5.11 Å². The predicted molar refractivity (Wildman–Crippen MR) is 56.9 cm³/mol. The van der Waals surface area contributed by atoms with E-state index in [1.807, 2.05) is 0 Å². The molecule has 0 rings (SSSR count). The maximum absolute atomic E-state index is 9.27. The standard InChI is InChI=1S/C10H24N2O/c1-6-11-10(3,8-13)7-9(2)12(4)5/h9,11,13H,6-8H2,1-5H3. The molecule has 0 aliphatic rings. The molecule has 0 aliphatic heterocycles. The molecule has 0 aromatic carbocycles. The Balaban J connectivity index is 4.09. The predicted octanol–water partition coefficient (Wildman–Crippen LogP) is 0.687. The monoisotopic (exact) mass is 188 g/mol. The summed E-state index contributed by atoms with van der Waals surface area (Å²) in [7, 11) is 4.13. The third-order valence-corrected chi connectivity index (χ3v) is 2.58. The lowest BCUT2D eigenvalue weighted by Crippen LogP contribution is -2.49. The number of hydrogen-bond donors (Lipinski definition) is 2. The first kappa shape index (κ1) is 12.9. The van der Waals surface area contributed by atoms with Crippen LogP contribution in [0.5, 0.6) is 0 Å². The molecule has 0 fully saturated rings. The minimum absolute atomic E-state index is 0.140. The van der Waals surface area contributed by atoms with Gasteiger partial charge in [-0.1, -0.05) is 6.92 Å². The molecular formula is C10H24N2O. The number of nitrogens with one attached hydrogen (secondary N) is 1. The first-order chi connectivity index (χ1) is 5.95. The highest BCUT2D eigenvalue weighted by atomic mass is 16.3. The Kier molecular flexibility index (Phi) is 5.53. The third-order valence-electron chi connectivity index (χ3n) is 2.58. The molecule has 0 heterocycles. The summed E-state index contributed by atoms with van der Waals surface area (Å²) in [4.78, 5) is 2.17. The summed E-state index contributed by atoms with van der Waals surface area (Å²) >= 11 is 0. The summed E-state index contributed by atoms with van der Waals surface area (Å²) in [6.07, 6.45) is 0.963. The molecular weight excluding hydrogens is 164 g/mol. The minimum atomic E-state index is -0.140. The van der Waals surface area contributed by atoms with Crippen molar-refractivity contribution in [3.8, 4) is 0 Å². The van der Waals surface area contributed by atoms with Crippen LogP contribution in [0, 0.1) is 0 Å². The average molecular weight is 188 g/mol. The van der Waals surface area contributed by atoms with Crippen LogP contribution in [0.2, 0.25) is 0 Å². The Morgan fingerprint density at radius 1 is 1.46 bits per heavy atom. The maximum atomic E-state index is 9.27. The first-order valence-corrected chi connectivity index (χ1v) is 4.97. The fraction of sp³-hybridized carbons (Fsp3) is 1.00. The largest absolute Gasteiger partial charge is 0.394 e. The number of likely N-dealkylation sites (N-methyl/N-ethyl adjacent to an activating group) is 1. The van der Waals surface area contributed by atoms with Crippen molar-refractivity contribution in [2.24, 2.45) is 0 Å². The average Bonchev–Trinajstić information content (AvgIpc) is 2.04. The highest BCUT2D eigenvalue weighted by Gasteiger charge is 2.25. The Bertz CT molecular complexity index is 139. The summed E-state index contributed by atoms with van der Waals surface area (Å²) in [6.45, 7) is 7.40. The van der Waals surface area contributed by atoms with Crippen molar-refractivity contribution in [3.05, 3.63) is 0 Å². The van der Waals surface area contributed by atoms with Crippen molar-refractivity contribution >= 4 is 0 Å². The zero-order valence-corrected chi connectivity index (χ0v) is 9.59. The molecule has 0 amide bonds. The smallest absolute Gasteiger partial charge is 0.0611 e. The number of aliphatic hydroxyl groups excluding tert-OH is 1. The molecule has 13 heavy (non-hydrogen) atoms. The van der Waals surface area contributed by atoms with Crippen LogP contribution in [0.15, 0.2) is 0 Å². The van der Waals surface area contributed by atoms with Gasteiger partial charge in [0.25, 0.3) is 0 Å². The molecule has 0 aromatic heterocycles. The van der Waals surface area contributed by atoms with E-state index >= 15 is 0 Å². The Morgan fingerprint density at radius 2 is 2.00 bits per heavy atom. The highest BCUT2D eigenvalue weighted by molar-refractivity contribution is 4.85. The van der Waals surface area contributed by atoms with Crippen molar-refractivity contribution in [1.29, 1.82) is 0 Å². The molecule has 2 atom stereocenters. The maximum Gasteiger partial charge on any atom is 0.0611 e. The summed E-state index contributed by atoms with van der Waals surface area (Å²) < 4.78 is 0. The van der Waals surface area contributed by atoms with E-state index in [0.717, 1.165) is 13.0 Å². The fourth-order valence-electron chi connectivity index (χ4n) is 1.45. The normalized spacial score (nSPS) is 18.7. The third kappa shape index (κ3) is 4.60. The quantitative estimate of drug-likeness (QED) is 0.643. The number of aliphatic hydroxyl groups is 1. The van der Waals surface area contributed by atoms with Crippen LogP contribution in [-0.4, -0.2) is 48.8 Å². The van der Waals surface area contributed by atoms with Gasteiger partial charge in [0.15, 0.2) is 0 Å². The molecule has 3 nitrogen and oxygen atoms in total. The summed E-state index contributed by atoms with van der Waals surface area (Å²) in [5, 5.41) is 12.6. The van der Waals surface area contributed by atoms with Gasteiger partial charge < -0.3 is 15.3 Å². The molecule has 2 unspecified atom stereocenters. The topological polar surface area (TPSA) is 35.5 Å². The van der Waals surface area contributed by atoms with Crippen LogP contribution in [0.4, 0.5) is 0 Å². The lowest BCUT2D eigenvalue weighted by Gasteiger charge is -2.33. The summed E-state index contributed by atoms with van der Waals surface area (Å²) in [6, 6.07) is 0.483. The van der Waals surface area contributed by atoms with E-state index in [9.17, 15) is 5.11 Å². The molecule has 0 saturated heterocycles. The second-order valence-corrected chi connectivity index (χ2v) is 4.27. The van der Waals surface area contributed by atoms with Gasteiger partial charge in [0.05, 0.1) is 6.61 Å². The second kappa shape index (κ2) is 5.58. The van der Waals surface area contributed by atoms with Crippen LogP contribution in [0.3, 0.4) is 0 Å². The zero-order valence-electron chi connectivity index (χ0n) is 9.59. The van der Waals surface area contributed by atoms with Crippen molar-refractivity contribution in [1.82, 2.24) is 10.2 Å². The Labute approximate surface area is 82.1 Å². The lowest BCUT2D eigenvalue weighted by atomic mass is 9.94. The first-order valence-electron chi connectivity index (χ1n) is 4.97. The van der Waals surface area contributed by atoms with E-state index in [1.165, 1.54) is 0 Å². The number of nitrogens with zero attached hydrogens (tertiary/aromatic N) is 1. The number of hydrogen-bond acceptors (Lipinski definition) is 3. The molecule has 0 spiro atoms. The van der Waals surface area contributed by atoms with Crippen LogP contribution < -0.4 is 5.32 Å². The van der Waals surface area contributed by atoms with Crippen LogP contribution in [-0.2, 0) is 0 Å². The zero-order chi connectivity index (χ0) is 10.5. The van der Waals surface area contributed by atoms with Crippen LogP contribution in [0.1, 0.15) is 27.2 Å². The van der Waals surface area contributed by atoms with E-state index in [2.05, 4.69) is 45.1 Å². The molecule has 0 radical (unpaired) electrons. The van der Waals surface area contributed by atoms with E-state index in [-0.39, 0.29) is 12.1 Å². The van der Waals surface area contributed by atoms with Crippen LogP contribution in [0.25, 0.3) is 0 Å². The highest BCUT2D eigenvalue weighted by Crippen LogP contribution is 2.13. The van der Waals surface area contributed by atoms with Gasteiger partial charge in [-0.2, -0.15) is 0 Å².